The Kier molecular flexibility index (Phi) is 7.01. The Balaban J connectivity index is 1.39. The van der Waals surface area contributed by atoms with E-state index in [0.29, 0.717) is 24.5 Å². The third-order valence-corrected chi connectivity index (χ3v) is 8.12. The van der Waals surface area contributed by atoms with Crippen LogP contribution >= 0.6 is 0 Å². The van der Waals surface area contributed by atoms with E-state index < -0.39 is 10.0 Å². The Bertz CT molecular complexity index is 1050. The van der Waals surface area contributed by atoms with E-state index >= 15 is 0 Å². The molecule has 1 amide bonds. The number of nitrogens with zero attached hydrogens (tertiary/aromatic N) is 2. The van der Waals surface area contributed by atoms with Crippen LogP contribution in [0.4, 0.5) is 11.4 Å². The fourth-order valence-electron chi connectivity index (χ4n) is 4.41. The van der Waals surface area contributed by atoms with Gasteiger partial charge in [0.1, 0.15) is 5.75 Å². The summed E-state index contributed by atoms with van der Waals surface area (Å²) >= 11 is 0. The van der Waals surface area contributed by atoms with E-state index in [1.807, 2.05) is 23.1 Å². The van der Waals surface area contributed by atoms with Gasteiger partial charge in [-0.05, 0) is 73.7 Å². The Morgan fingerprint density at radius 1 is 0.969 bits per heavy atom. The number of amides is 1. The van der Waals surface area contributed by atoms with Gasteiger partial charge in [-0.25, -0.2) is 8.42 Å². The topological polar surface area (TPSA) is 79.0 Å². The van der Waals surface area contributed by atoms with Gasteiger partial charge in [0.2, 0.25) is 15.9 Å². The van der Waals surface area contributed by atoms with Crippen LogP contribution in [0, 0.1) is 0 Å². The van der Waals surface area contributed by atoms with Crippen LogP contribution in [-0.4, -0.2) is 51.9 Å². The van der Waals surface area contributed by atoms with E-state index in [2.05, 4.69) is 5.32 Å². The first kappa shape index (κ1) is 22.6. The number of aryl methyl sites for hydroxylation is 1. The zero-order valence-electron chi connectivity index (χ0n) is 18.5. The molecule has 2 aliphatic heterocycles. The molecule has 0 aliphatic carbocycles. The van der Waals surface area contributed by atoms with Crippen molar-refractivity contribution in [1.82, 2.24) is 4.31 Å². The minimum Gasteiger partial charge on any atom is -0.497 e. The molecule has 1 fully saturated rings. The monoisotopic (exact) mass is 457 g/mol. The van der Waals surface area contributed by atoms with Crippen LogP contribution in [0.2, 0.25) is 0 Å². The van der Waals surface area contributed by atoms with Crippen molar-refractivity contribution >= 4 is 27.3 Å². The molecule has 2 aliphatic rings. The van der Waals surface area contributed by atoms with Crippen LogP contribution in [-0.2, 0) is 21.2 Å². The van der Waals surface area contributed by atoms with E-state index in [9.17, 15) is 13.2 Å². The largest absolute Gasteiger partial charge is 0.497 e. The maximum atomic E-state index is 12.9. The highest BCUT2D eigenvalue weighted by molar-refractivity contribution is 7.89. The molecular formula is C24H31N3O4S. The number of rotatable bonds is 6. The standard InChI is InChI=1S/C24H31N3O4S/c1-31-21-10-13-23-19(17-21)7-6-16-27(23)24(28)18-25-20-8-11-22(12-9-20)32(29,30)26-14-4-2-3-5-15-26/h8-13,17,25H,2-7,14-16,18H2,1H3. The van der Waals surface area contributed by atoms with E-state index in [4.69, 9.17) is 4.74 Å². The Hall–Kier alpha value is -2.58. The summed E-state index contributed by atoms with van der Waals surface area (Å²) in [6.45, 7) is 2.00. The van der Waals surface area contributed by atoms with E-state index in [-0.39, 0.29) is 12.5 Å². The number of nitrogens with one attached hydrogen (secondary N) is 1. The van der Waals surface area contributed by atoms with Gasteiger partial charge >= 0.3 is 0 Å². The number of ether oxygens (including phenoxy) is 1. The van der Waals surface area contributed by atoms with E-state index in [0.717, 1.165) is 61.2 Å². The van der Waals surface area contributed by atoms with E-state index in [1.165, 1.54) is 0 Å². The Labute approximate surface area is 190 Å². The van der Waals surface area contributed by atoms with Crippen molar-refractivity contribution < 1.29 is 17.9 Å². The molecule has 2 aromatic carbocycles. The highest BCUT2D eigenvalue weighted by Crippen LogP contribution is 2.30. The lowest BCUT2D eigenvalue weighted by Crippen LogP contribution is -2.39. The lowest BCUT2D eigenvalue weighted by atomic mass is 10.0. The quantitative estimate of drug-likeness (QED) is 0.716. The minimum atomic E-state index is -3.47. The average Bonchev–Trinajstić information content (AvgIpc) is 3.12. The predicted octanol–water partition coefficient (Wildman–Crippen LogP) is 3.65. The first-order valence-corrected chi connectivity index (χ1v) is 12.7. The highest BCUT2D eigenvalue weighted by atomic mass is 32.2. The van der Waals surface area contributed by atoms with Gasteiger partial charge in [0, 0.05) is 31.0 Å². The number of anilines is 2. The minimum absolute atomic E-state index is 0.0163. The number of hydrogen-bond donors (Lipinski definition) is 1. The van der Waals surface area contributed by atoms with Crippen molar-refractivity contribution in [2.24, 2.45) is 0 Å². The molecule has 0 saturated carbocycles. The molecule has 2 aromatic rings. The summed E-state index contributed by atoms with van der Waals surface area (Å²) in [4.78, 5) is 15.0. The Morgan fingerprint density at radius 3 is 2.38 bits per heavy atom. The van der Waals surface area contributed by atoms with Gasteiger partial charge in [0.05, 0.1) is 18.6 Å². The summed E-state index contributed by atoms with van der Waals surface area (Å²) in [5.41, 5.74) is 2.77. The van der Waals surface area contributed by atoms with Gasteiger partial charge in [0.25, 0.3) is 0 Å². The number of carbonyl (C=O) groups is 1. The molecule has 1 saturated heterocycles. The second-order valence-corrected chi connectivity index (χ2v) is 10.3. The van der Waals surface area contributed by atoms with Crippen molar-refractivity contribution in [3.05, 3.63) is 48.0 Å². The molecular weight excluding hydrogens is 426 g/mol. The molecule has 0 radical (unpaired) electrons. The summed E-state index contributed by atoms with van der Waals surface area (Å²) in [5.74, 6) is 0.781. The first-order valence-electron chi connectivity index (χ1n) is 11.3. The van der Waals surface area contributed by atoms with Crippen LogP contribution in [0.5, 0.6) is 5.75 Å². The summed E-state index contributed by atoms with van der Waals surface area (Å²) in [6.07, 6.45) is 5.82. The van der Waals surface area contributed by atoms with Crippen molar-refractivity contribution in [2.45, 2.75) is 43.4 Å². The number of fused-ring (bicyclic) bond motifs is 1. The number of sulfonamides is 1. The average molecular weight is 458 g/mol. The van der Waals surface area contributed by atoms with Gasteiger partial charge in [-0.1, -0.05) is 12.8 Å². The normalized spacial score (nSPS) is 17.3. The maximum absolute atomic E-state index is 12.9. The van der Waals surface area contributed by atoms with Crippen LogP contribution in [0.3, 0.4) is 0 Å². The van der Waals surface area contributed by atoms with Gasteiger partial charge in [-0.2, -0.15) is 4.31 Å². The lowest BCUT2D eigenvalue weighted by Gasteiger charge is -2.30. The number of benzene rings is 2. The summed E-state index contributed by atoms with van der Waals surface area (Å²) < 4.78 is 32.7. The number of carbonyl (C=O) groups excluding carboxylic acids is 1. The molecule has 0 bridgehead atoms. The van der Waals surface area contributed by atoms with Gasteiger partial charge < -0.3 is 15.0 Å². The van der Waals surface area contributed by atoms with Crippen molar-refractivity contribution in [3.8, 4) is 5.75 Å². The van der Waals surface area contributed by atoms with Crippen LogP contribution in [0.25, 0.3) is 0 Å². The Morgan fingerprint density at radius 2 is 1.69 bits per heavy atom. The molecule has 172 valence electrons. The molecule has 0 unspecified atom stereocenters. The summed E-state index contributed by atoms with van der Waals surface area (Å²) in [7, 11) is -1.83. The molecule has 32 heavy (non-hydrogen) atoms. The molecule has 4 rings (SSSR count). The second kappa shape index (κ2) is 9.92. The predicted molar refractivity (Wildman–Crippen MR) is 126 cm³/mol. The zero-order valence-corrected chi connectivity index (χ0v) is 19.4. The molecule has 0 aromatic heterocycles. The van der Waals surface area contributed by atoms with Gasteiger partial charge in [0.15, 0.2) is 0 Å². The fourth-order valence-corrected chi connectivity index (χ4v) is 5.93. The van der Waals surface area contributed by atoms with Crippen LogP contribution < -0.4 is 15.0 Å². The van der Waals surface area contributed by atoms with Crippen molar-refractivity contribution in [3.63, 3.8) is 0 Å². The van der Waals surface area contributed by atoms with Crippen molar-refractivity contribution in [1.29, 1.82) is 0 Å². The molecule has 0 atom stereocenters. The molecule has 7 nitrogen and oxygen atoms in total. The van der Waals surface area contributed by atoms with Crippen LogP contribution in [0.1, 0.15) is 37.7 Å². The highest BCUT2D eigenvalue weighted by Gasteiger charge is 2.25. The molecule has 2 heterocycles. The smallest absolute Gasteiger partial charge is 0.246 e. The third-order valence-electron chi connectivity index (χ3n) is 6.21. The fraction of sp³-hybridized carbons (Fsp3) is 0.458. The molecule has 0 spiro atoms. The van der Waals surface area contributed by atoms with Crippen LogP contribution in [0.15, 0.2) is 47.4 Å². The first-order chi connectivity index (χ1) is 15.5. The number of hydrogen-bond acceptors (Lipinski definition) is 5. The summed E-state index contributed by atoms with van der Waals surface area (Å²) in [6, 6.07) is 12.5. The maximum Gasteiger partial charge on any atom is 0.246 e. The van der Waals surface area contributed by atoms with E-state index in [1.54, 1.807) is 35.7 Å². The molecule has 1 N–H and O–H groups in total. The second-order valence-electron chi connectivity index (χ2n) is 8.34. The summed E-state index contributed by atoms with van der Waals surface area (Å²) in [5, 5.41) is 3.14. The number of methoxy groups -OCH3 is 1. The lowest BCUT2D eigenvalue weighted by molar-refractivity contribution is -0.117. The zero-order chi connectivity index (χ0) is 22.6. The third kappa shape index (κ3) is 4.91. The van der Waals surface area contributed by atoms with Gasteiger partial charge in [-0.3, -0.25) is 4.79 Å². The SMILES string of the molecule is COc1ccc2c(c1)CCCN2C(=O)CNc1ccc(S(=O)(=O)N2CCCCCC2)cc1. The van der Waals surface area contributed by atoms with Gasteiger partial charge in [-0.15, -0.1) is 0 Å². The van der Waals surface area contributed by atoms with Crippen molar-refractivity contribution in [2.75, 3.05) is 43.5 Å². The molecule has 8 heteroatoms.